The van der Waals surface area contributed by atoms with Crippen LogP contribution in [0.5, 0.6) is 0 Å². The van der Waals surface area contributed by atoms with Gasteiger partial charge < -0.3 is 15.3 Å². The van der Waals surface area contributed by atoms with Gasteiger partial charge in [-0.25, -0.2) is 4.79 Å². The molecule has 138 valence electrons. The number of likely N-dealkylation sites (tertiary alicyclic amines) is 1. The molecule has 0 aromatic heterocycles. The van der Waals surface area contributed by atoms with E-state index < -0.39 is 0 Å². The molecule has 1 aliphatic heterocycles. The number of amides is 2. The molecular weight excluding hydrogens is 324 g/mol. The van der Waals surface area contributed by atoms with E-state index >= 15 is 0 Å². The van der Waals surface area contributed by atoms with Gasteiger partial charge in [-0.05, 0) is 42.9 Å². The summed E-state index contributed by atoms with van der Waals surface area (Å²) in [5, 5.41) is 13.2. The molecule has 2 N–H and O–H groups in total. The van der Waals surface area contributed by atoms with Crippen molar-refractivity contribution in [1.82, 2.24) is 10.2 Å². The second kappa shape index (κ2) is 8.37. The summed E-state index contributed by atoms with van der Waals surface area (Å²) in [6.07, 6.45) is 2.67. The minimum Gasteiger partial charge on any atom is -0.396 e. The normalized spacial score (nSPS) is 20.0. The van der Waals surface area contributed by atoms with Gasteiger partial charge in [0, 0.05) is 25.0 Å². The van der Waals surface area contributed by atoms with E-state index in [4.69, 9.17) is 0 Å². The topological polar surface area (TPSA) is 52.6 Å². The Kier molecular flexibility index (Phi) is 5.94. The molecule has 1 heterocycles. The third kappa shape index (κ3) is 4.44. The van der Waals surface area contributed by atoms with Gasteiger partial charge in [0.2, 0.25) is 0 Å². The lowest BCUT2D eigenvalue weighted by Gasteiger charge is -2.42. The van der Waals surface area contributed by atoms with E-state index in [0.717, 1.165) is 31.4 Å². The van der Waals surface area contributed by atoms with Gasteiger partial charge in [-0.1, -0.05) is 54.6 Å². The number of nitrogens with one attached hydrogen (secondary N) is 1. The van der Waals surface area contributed by atoms with Crippen molar-refractivity contribution in [1.29, 1.82) is 0 Å². The van der Waals surface area contributed by atoms with E-state index in [9.17, 15) is 9.90 Å². The molecule has 2 aromatic carbocycles. The lowest BCUT2D eigenvalue weighted by atomic mass is 9.75. The molecule has 0 spiro atoms. The first-order valence-electron chi connectivity index (χ1n) is 9.34. The molecule has 0 saturated carbocycles. The van der Waals surface area contributed by atoms with E-state index in [1.807, 2.05) is 47.4 Å². The largest absolute Gasteiger partial charge is 0.396 e. The number of hydrogen-bond donors (Lipinski definition) is 2. The first kappa shape index (κ1) is 18.5. The van der Waals surface area contributed by atoms with Crippen LogP contribution in [0.2, 0.25) is 0 Å². The Hall–Kier alpha value is -2.33. The van der Waals surface area contributed by atoms with E-state index in [1.54, 1.807) is 0 Å². The molecule has 2 amide bonds. The summed E-state index contributed by atoms with van der Waals surface area (Å²) >= 11 is 0. The van der Waals surface area contributed by atoms with Crippen molar-refractivity contribution >= 4 is 6.03 Å². The van der Waals surface area contributed by atoms with Crippen molar-refractivity contribution in [3.05, 3.63) is 71.3 Å². The van der Waals surface area contributed by atoms with Crippen LogP contribution >= 0.6 is 0 Å². The SMILES string of the molecule is Cc1ccccc1C[C@]1(CO)CCCN(C(=O)NCc2ccccc2)C1. The fraction of sp³-hybridized carbons (Fsp3) is 0.409. The van der Waals surface area contributed by atoms with E-state index in [1.165, 1.54) is 11.1 Å². The molecule has 0 radical (unpaired) electrons. The fourth-order valence-electron chi connectivity index (χ4n) is 3.81. The van der Waals surface area contributed by atoms with Crippen molar-refractivity contribution < 1.29 is 9.90 Å². The number of aliphatic hydroxyl groups excluding tert-OH is 1. The zero-order valence-electron chi connectivity index (χ0n) is 15.4. The van der Waals surface area contributed by atoms with Crippen molar-refractivity contribution in [2.75, 3.05) is 19.7 Å². The second-order valence-electron chi connectivity index (χ2n) is 7.43. The first-order valence-corrected chi connectivity index (χ1v) is 9.34. The van der Waals surface area contributed by atoms with Crippen molar-refractivity contribution in [3.63, 3.8) is 0 Å². The quantitative estimate of drug-likeness (QED) is 0.865. The number of aryl methyl sites for hydroxylation is 1. The van der Waals surface area contributed by atoms with Crippen LogP contribution in [0, 0.1) is 12.3 Å². The maximum absolute atomic E-state index is 12.6. The Morgan fingerprint density at radius 2 is 1.88 bits per heavy atom. The van der Waals surface area contributed by atoms with Crippen molar-refractivity contribution in [3.8, 4) is 0 Å². The summed E-state index contributed by atoms with van der Waals surface area (Å²) in [7, 11) is 0. The highest BCUT2D eigenvalue weighted by atomic mass is 16.3. The number of aliphatic hydroxyl groups is 1. The summed E-state index contributed by atoms with van der Waals surface area (Å²) in [5.41, 5.74) is 3.33. The number of piperidine rings is 1. The summed E-state index contributed by atoms with van der Waals surface area (Å²) in [6.45, 7) is 4.08. The average molecular weight is 352 g/mol. The van der Waals surface area contributed by atoms with Crippen molar-refractivity contribution in [2.24, 2.45) is 5.41 Å². The molecule has 26 heavy (non-hydrogen) atoms. The lowest BCUT2D eigenvalue weighted by molar-refractivity contribution is 0.0470. The first-order chi connectivity index (χ1) is 12.6. The number of rotatable bonds is 5. The predicted octanol–water partition coefficient (Wildman–Crippen LogP) is 3.52. The lowest BCUT2D eigenvalue weighted by Crippen LogP contribution is -2.51. The maximum atomic E-state index is 12.6. The van der Waals surface area contributed by atoms with Crippen LogP contribution in [0.4, 0.5) is 4.79 Å². The van der Waals surface area contributed by atoms with E-state index in [-0.39, 0.29) is 18.1 Å². The van der Waals surface area contributed by atoms with Crippen LogP contribution in [0.25, 0.3) is 0 Å². The van der Waals surface area contributed by atoms with Crippen LogP contribution in [-0.2, 0) is 13.0 Å². The molecule has 3 rings (SSSR count). The molecule has 1 aliphatic rings. The zero-order chi connectivity index (χ0) is 18.4. The highest BCUT2D eigenvalue weighted by molar-refractivity contribution is 5.74. The highest BCUT2D eigenvalue weighted by Crippen LogP contribution is 2.34. The summed E-state index contributed by atoms with van der Waals surface area (Å²) in [5.74, 6) is 0. The van der Waals surface area contributed by atoms with Gasteiger partial charge in [-0.2, -0.15) is 0 Å². The smallest absolute Gasteiger partial charge is 0.317 e. The fourth-order valence-corrected chi connectivity index (χ4v) is 3.81. The molecule has 0 bridgehead atoms. The van der Waals surface area contributed by atoms with Gasteiger partial charge in [-0.15, -0.1) is 0 Å². The summed E-state index contributed by atoms with van der Waals surface area (Å²) < 4.78 is 0. The van der Waals surface area contributed by atoms with Gasteiger partial charge in [0.05, 0.1) is 6.61 Å². The highest BCUT2D eigenvalue weighted by Gasteiger charge is 2.37. The van der Waals surface area contributed by atoms with Crippen LogP contribution < -0.4 is 5.32 Å². The van der Waals surface area contributed by atoms with Crippen LogP contribution in [0.1, 0.15) is 29.5 Å². The van der Waals surface area contributed by atoms with Gasteiger partial charge in [0.25, 0.3) is 0 Å². The Morgan fingerprint density at radius 3 is 2.62 bits per heavy atom. The number of carbonyl (C=O) groups is 1. The van der Waals surface area contributed by atoms with Crippen LogP contribution in [0.3, 0.4) is 0 Å². The van der Waals surface area contributed by atoms with E-state index in [2.05, 4.69) is 24.4 Å². The number of hydrogen-bond acceptors (Lipinski definition) is 2. The number of nitrogens with zero attached hydrogens (tertiary/aromatic N) is 1. The second-order valence-corrected chi connectivity index (χ2v) is 7.43. The van der Waals surface area contributed by atoms with Gasteiger partial charge >= 0.3 is 6.03 Å². The molecule has 1 fully saturated rings. The minimum atomic E-state index is -0.256. The Bertz CT molecular complexity index is 732. The summed E-state index contributed by atoms with van der Waals surface area (Å²) in [4.78, 5) is 14.5. The Labute approximate surface area is 155 Å². The number of urea groups is 1. The molecule has 0 aliphatic carbocycles. The standard InChI is InChI=1S/C22H28N2O2/c1-18-8-5-6-11-20(18)14-22(17-25)12-7-13-24(16-22)21(26)23-15-19-9-3-2-4-10-19/h2-6,8-11,25H,7,12-17H2,1H3,(H,23,26)/t22-/m1/s1. The molecule has 1 atom stereocenters. The molecule has 0 unspecified atom stereocenters. The number of benzene rings is 2. The third-order valence-electron chi connectivity index (χ3n) is 5.40. The maximum Gasteiger partial charge on any atom is 0.317 e. The third-order valence-corrected chi connectivity index (χ3v) is 5.40. The minimum absolute atomic E-state index is 0.0452. The van der Waals surface area contributed by atoms with Crippen LogP contribution in [0.15, 0.2) is 54.6 Å². The van der Waals surface area contributed by atoms with Crippen LogP contribution in [-0.4, -0.2) is 35.7 Å². The molecule has 4 nitrogen and oxygen atoms in total. The monoisotopic (exact) mass is 352 g/mol. The Balaban J connectivity index is 1.64. The van der Waals surface area contributed by atoms with Gasteiger partial charge in [-0.3, -0.25) is 0 Å². The van der Waals surface area contributed by atoms with Gasteiger partial charge in [0.1, 0.15) is 0 Å². The summed E-state index contributed by atoms with van der Waals surface area (Å²) in [6, 6.07) is 18.2. The van der Waals surface area contributed by atoms with Crippen molar-refractivity contribution in [2.45, 2.75) is 32.7 Å². The number of carbonyl (C=O) groups excluding carboxylic acids is 1. The van der Waals surface area contributed by atoms with E-state index in [0.29, 0.717) is 13.1 Å². The molecule has 4 heteroatoms. The molecule has 2 aromatic rings. The average Bonchev–Trinajstić information content (AvgIpc) is 2.69. The van der Waals surface area contributed by atoms with Gasteiger partial charge in [0.15, 0.2) is 0 Å². The molecule has 1 saturated heterocycles. The molecular formula is C22H28N2O2. The zero-order valence-corrected chi connectivity index (χ0v) is 15.4. The Morgan fingerprint density at radius 1 is 1.15 bits per heavy atom. The predicted molar refractivity (Wildman–Crippen MR) is 104 cm³/mol.